The average molecular weight is 320 g/mol. The van der Waals surface area contributed by atoms with Gasteiger partial charge in [-0.05, 0) is 42.8 Å². The summed E-state index contributed by atoms with van der Waals surface area (Å²) in [5.74, 6) is 0. The van der Waals surface area contributed by atoms with Crippen LogP contribution in [0.4, 0.5) is 21.9 Å². The van der Waals surface area contributed by atoms with Crippen molar-refractivity contribution in [3.05, 3.63) is 52.5 Å². The van der Waals surface area contributed by atoms with Crippen LogP contribution in [0.5, 0.6) is 0 Å². The Morgan fingerprint density at radius 3 is 2.63 bits per heavy atom. The highest BCUT2D eigenvalue weighted by Gasteiger charge is 2.05. The summed E-state index contributed by atoms with van der Waals surface area (Å²) in [5, 5.41) is 5.45. The minimum Gasteiger partial charge on any atom is -0.397 e. The van der Waals surface area contributed by atoms with Gasteiger partial charge in [-0.1, -0.05) is 28.1 Å². The lowest BCUT2D eigenvalue weighted by atomic mass is 10.2. The van der Waals surface area contributed by atoms with Gasteiger partial charge in [-0.15, -0.1) is 0 Å². The number of nitrogen functional groups attached to an aromatic ring is 1. The first-order chi connectivity index (χ1) is 9.04. The number of anilines is 3. The first kappa shape index (κ1) is 13.4. The zero-order valence-corrected chi connectivity index (χ0v) is 12.0. The Morgan fingerprint density at radius 1 is 1.16 bits per heavy atom. The summed E-state index contributed by atoms with van der Waals surface area (Å²) in [4.78, 5) is 11.8. The van der Waals surface area contributed by atoms with Gasteiger partial charge < -0.3 is 16.4 Å². The minimum atomic E-state index is -0.325. The van der Waals surface area contributed by atoms with E-state index in [-0.39, 0.29) is 6.03 Å². The lowest BCUT2D eigenvalue weighted by Crippen LogP contribution is -2.20. The van der Waals surface area contributed by atoms with Crippen molar-refractivity contribution in [2.45, 2.75) is 6.92 Å². The second kappa shape index (κ2) is 5.75. The third-order valence-corrected chi connectivity index (χ3v) is 3.03. The molecule has 4 N–H and O–H groups in total. The van der Waals surface area contributed by atoms with Crippen LogP contribution in [0.25, 0.3) is 0 Å². The molecule has 98 valence electrons. The van der Waals surface area contributed by atoms with E-state index in [0.29, 0.717) is 17.1 Å². The van der Waals surface area contributed by atoms with Crippen LogP contribution < -0.4 is 16.4 Å². The maximum Gasteiger partial charge on any atom is 0.323 e. The molecular weight excluding hydrogens is 306 g/mol. The van der Waals surface area contributed by atoms with E-state index in [0.717, 1.165) is 10.0 Å². The highest BCUT2D eigenvalue weighted by Crippen LogP contribution is 2.20. The van der Waals surface area contributed by atoms with Gasteiger partial charge in [0.05, 0.1) is 11.4 Å². The van der Waals surface area contributed by atoms with E-state index in [4.69, 9.17) is 5.73 Å². The van der Waals surface area contributed by atoms with E-state index in [9.17, 15) is 4.79 Å². The van der Waals surface area contributed by atoms with Gasteiger partial charge in [0.15, 0.2) is 0 Å². The van der Waals surface area contributed by atoms with Gasteiger partial charge >= 0.3 is 6.03 Å². The molecule has 4 nitrogen and oxygen atoms in total. The molecule has 2 aromatic rings. The molecule has 0 atom stereocenters. The normalized spacial score (nSPS) is 10.0. The van der Waals surface area contributed by atoms with E-state index in [2.05, 4.69) is 26.6 Å². The Hall–Kier alpha value is -2.01. The molecule has 0 radical (unpaired) electrons. The van der Waals surface area contributed by atoms with Gasteiger partial charge in [-0.2, -0.15) is 0 Å². The third kappa shape index (κ3) is 3.72. The predicted octanol–water partition coefficient (Wildman–Crippen LogP) is 3.98. The Balaban J connectivity index is 2.05. The summed E-state index contributed by atoms with van der Waals surface area (Å²) in [6, 6.07) is 12.5. The minimum absolute atomic E-state index is 0.325. The molecule has 19 heavy (non-hydrogen) atoms. The molecule has 0 unspecified atom stereocenters. The fourth-order valence-electron chi connectivity index (χ4n) is 1.65. The average Bonchev–Trinajstić information content (AvgIpc) is 2.33. The fraction of sp³-hybridized carbons (Fsp3) is 0.0714. The van der Waals surface area contributed by atoms with E-state index in [1.165, 1.54) is 0 Å². The van der Waals surface area contributed by atoms with Crippen LogP contribution in [0.3, 0.4) is 0 Å². The lowest BCUT2D eigenvalue weighted by molar-refractivity contribution is 0.262. The lowest BCUT2D eigenvalue weighted by Gasteiger charge is -2.10. The van der Waals surface area contributed by atoms with Crippen molar-refractivity contribution in [1.82, 2.24) is 0 Å². The number of amides is 2. The number of benzene rings is 2. The van der Waals surface area contributed by atoms with Crippen molar-refractivity contribution in [2.24, 2.45) is 0 Å². The molecule has 2 amide bonds. The summed E-state index contributed by atoms with van der Waals surface area (Å²) < 4.78 is 0.903. The maximum atomic E-state index is 11.8. The Bertz CT molecular complexity index is 613. The van der Waals surface area contributed by atoms with Gasteiger partial charge in [0, 0.05) is 10.2 Å². The van der Waals surface area contributed by atoms with Crippen LogP contribution in [0.15, 0.2) is 46.9 Å². The van der Waals surface area contributed by atoms with E-state index >= 15 is 0 Å². The number of nitrogens with one attached hydrogen (secondary N) is 2. The van der Waals surface area contributed by atoms with E-state index in [1.54, 1.807) is 6.07 Å². The summed E-state index contributed by atoms with van der Waals surface area (Å²) >= 11 is 3.35. The number of urea groups is 1. The van der Waals surface area contributed by atoms with Crippen molar-refractivity contribution in [1.29, 1.82) is 0 Å². The van der Waals surface area contributed by atoms with E-state index < -0.39 is 0 Å². The van der Waals surface area contributed by atoms with Gasteiger partial charge in [0.2, 0.25) is 0 Å². The molecule has 2 rings (SSSR count). The summed E-state index contributed by atoms with van der Waals surface area (Å²) in [6.45, 7) is 1.95. The van der Waals surface area contributed by atoms with Crippen LogP contribution in [-0.4, -0.2) is 6.03 Å². The number of aryl methyl sites for hydroxylation is 1. The molecule has 0 aliphatic carbocycles. The molecule has 0 heterocycles. The number of carbonyl (C=O) groups excluding carboxylic acids is 1. The quantitative estimate of drug-likeness (QED) is 0.733. The standard InChI is InChI=1S/C14H14BrN3O/c1-9-5-6-13(12(16)7-9)18-14(19)17-11-4-2-3-10(15)8-11/h2-8H,16H2,1H3,(H2,17,18,19). The summed E-state index contributed by atoms with van der Waals surface area (Å²) in [5.41, 5.74) is 8.74. The molecule has 0 spiro atoms. The molecule has 0 saturated heterocycles. The van der Waals surface area contributed by atoms with Crippen LogP contribution in [-0.2, 0) is 0 Å². The topological polar surface area (TPSA) is 67.2 Å². The van der Waals surface area contributed by atoms with Crippen molar-refractivity contribution < 1.29 is 4.79 Å². The molecule has 0 aliphatic rings. The smallest absolute Gasteiger partial charge is 0.323 e. The highest BCUT2D eigenvalue weighted by molar-refractivity contribution is 9.10. The van der Waals surface area contributed by atoms with E-state index in [1.807, 2.05) is 43.3 Å². The Kier molecular flexibility index (Phi) is 4.06. The van der Waals surface area contributed by atoms with Crippen LogP contribution in [0.2, 0.25) is 0 Å². The van der Waals surface area contributed by atoms with Crippen molar-refractivity contribution >= 4 is 39.0 Å². The predicted molar refractivity (Wildman–Crippen MR) is 82.4 cm³/mol. The summed E-state index contributed by atoms with van der Waals surface area (Å²) in [7, 11) is 0. The maximum absolute atomic E-state index is 11.8. The first-order valence-corrected chi connectivity index (χ1v) is 6.53. The van der Waals surface area contributed by atoms with Crippen molar-refractivity contribution in [3.8, 4) is 0 Å². The number of halogens is 1. The molecular formula is C14H14BrN3O. The zero-order valence-electron chi connectivity index (χ0n) is 10.4. The monoisotopic (exact) mass is 319 g/mol. The SMILES string of the molecule is Cc1ccc(NC(=O)Nc2cccc(Br)c2)c(N)c1. The number of rotatable bonds is 2. The van der Waals surface area contributed by atoms with Gasteiger partial charge in [0.25, 0.3) is 0 Å². The highest BCUT2D eigenvalue weighted by atomic mass is 79.9. The second-order valence-electron chi connectivity index (χ2n) is 4.18. The molecule has 2 aromatic carbocycles. The van der Waals surface area contributed by atoms with Gasteiger partial charge in [-0.25, -0.2) is 4.79 Å². The van der Waals surface area contributed by atoms with Crippen molar-refractivity contribution in [2.75, 3.05) is 16.4 Å². The molecule has 0 saturated carbocycles. The number of nitrogens with two attached hydrogens (primary N) is 1. The zero-order chi connectivity index (χ0) is 13.8. The molecule has 0 aliphatic heterocycles. The molecule has 0 fully saturated rings. The van der Waals surface area contributed by atoms with Crippen LogP contribution >= 0.6 is 15.9 Å². The molecule has 0 bridgehead atoms. The molecule has 0 aromatic heterocycles. The number of hydrogen-bond donors (Lipinski definition) is 3. The van der Waals surface area contributed by atoms with Gasteiger partial charge in [0.1, 0.15) is 0 Å². The summed E-state index contributed by atoms with van der Waals surface area (Å²) in [6.07, 6.45) is 0. The van der Waals surface area contributed by atoms with Crippen LogP contribution in [0, 0.1) is 6.92 Å². The van der Waals surface area contributed by atoms with Crippen molar-refractivity contribution in [3.63, 3.8) is 0 Å². The number of hydrogen-bond acceptors (Lipinski definition) is 2. The first-order valence-electron chi connectivity index (χ1n) is 5.74. The second-order valence-corrected chi connectivity index (χ2v) is 5.10. The Labute approximate surface area is 120 Å². The van der Waals surface area contributed by atoms with Gasteiger partial charge in [-0.3, -0.25) is 0 Å². The third-order valence-electron chi connectivity index (χ3n) is 2.54. The van der Waals surface area contributed by atoms with Crippen LogP contribution in [0.1, 0.15) is 5.56 Å². The largest absolute Gasteiger partial charge is 0.397 e. The number of carbonyl (C=O) groups is 1. The molecule has 5 heteroatoms. The Morgan fingerprint density at radius 2 is 1.95 bits per heavy atom. The fourth-order valence-corrected chi connectivity index (χ4v) is 2.05.